The van der Waals surface area contributed by atoms with Gasteiger partial charge in [0.1, 0.15) is 5.75 Å². The van der Waals surface area contributed by atoms with Crippen LogP contribution in [0, 0.1) is 5.41 Å². The van der Waals surface area contributed by atoms with Gasteiger partial charge in [0.05, 0.1) is 27.9 Å². The Morgan fingerprint density at radius 3 is 2.48 bits per heavy atom. The number of para-hydroxylation sites is 1. The summed E-state index contributed by atoms with van der Waals surface area (Å²) in [7, 11) is -1.90. The molecule has 1 aliphatic heterocycles. The van der Waals surface area contributed by atoms with Crippen molar-refractivity contribution in [1.82, 2.24) is 0 Å². The lowest BCUT2D eigenvalue weighted by atomic mass is 9.82. The Morgan fingerprint density at radius 2 is 1.89 bits per heavy atom. The molecule has 3 rings (SSSR count). The number of ether oxygens (including phenoxy) is 1. The van der Waals surface area contributed by atoms with Crippen molar-refractivity contribution in [2.45, 2.75) is 38.0 Å². The molecule has 0 spiro atoms. The van der Waals surface area contributed by atoms with Gasteiger partial charge >= 0.3 is 0 Å². The summed E-state index contributed by atoms with van der Waals surface area (Å²) < 4.78 is 32.9. The molecule has 0 amide bonds. The van der Waals surface area contributed by atoms with Gasteiger partial charge in [-0.2, -0.15) is 0 Å². The fourth-order valence-corrected chi connectivity index (χ4v) is 6.67. The molecule has 0 bridgehead atoms. The maximum Gasteiger partial charge on any atom is 0.181 e. The molecule has 1 unspecified atom stereocenters. The zero-order valence-electron chi connectivity index (χ0n) is 16.0. The number of sulfone groups is 1. The van der Waals surface area contributed by atoms with E-state index in [-0.39, 0.29) is 11.2 Å². The number of anilines is 2. The van der Waals surface area contributed by atoms with Crippen molar-refractivity contribution >= 4 is 37.1 Å². The molecule has 0 aromatic heterocycles. The van der Waals surface area contributed by atoms with Crippen LogP contribution in [0.2, 0.25) is 0 Å². The molecule has 0 saturated carbocycles. The third kappa shape index (κ3) is 3.87. The van der Waals surface area contributed by atoms with Gasteiger partial charge in [0.25, 0.3) is 0 Å². The average molecular weight is 452 g/mol. The fraction of sp³-hybridized carbons (Fsp3) is 0.429. The van der Waals surface area contributed by atoms with Gasteiger partial charge in [0.2, 0.25) is 0 Å². The van der Waals surface area contributed by atoms with E-state index in [1.165, 1.54) is 0 Å². The van der Waals surface area contributed by atoms with Crippen molar-refractivity contribution in [3.05, 3.63) is 46.9 Å². The summed E-state index contributed by atoms with van der Waals surface area (Å²) in [5.41, 5.74) is 1.42. The highest BCUT2D eigenvalue weighted by molar-refractivity contribution is 9.10. The van der Waals surface area contributed by atoms with E-state index in [1.807, 2.05) is 36.4 Å². The molecule has 6 heteroatoms. The zero-order valence-corrected chi connectivity index (χ0v) is 18.4. The number of nitrogens with zero attached hydrogens (tertiary/aromatic N) is 1. The van der Waals surface area contributed by atoms with Gasteiger partial charge in [-0.25, -0.2) is 8.42 Å². The molecule has 2 aromatic carbocycles. The van der Waals surface area contributed by atoms with Gasteiger partial charge in [0.15, 0.2) is 9.84 Å². The van der Waals surface area contributed by atoms with Gasteiger partial charge in [-0.15, -0.1) is 0 Å². The maximum atomic E-state index is 13.4. The van der Waals surface area contributed by atoms with E-state index in [0.29, 0.717) is 22.9 Å². The van der Waals surface area contributed by atoms with E-state index in [2.05, 4.69) is 34.7 Å². The number of hydrogen-bond acceptors (Lipinski definition) is 4. The van der Waals surface area contributed by atoms with Crippen molar-refractivity contribution in [2.75, 3.05) is 24.3 Å². The standard InChI is InChI=1S/C21H26BrNO3S/c1-4-11-21(5-2)14-23(16-9-7-6-8-10-16)18-12-17(22)19(26-3)13-20(18)27(24,25)15-21/h6-10,12-13H,4-5,11,14-15H2,1-3H3. The lowest BCUT2D eigenvalue weighted by molar-refractivity contribution is 0.296. The number of halogens is 1. The smallest absolute Gasteiger partial charge is 0.181 e. The van der Waals surface area contributed by atoms with Crippen LogP contribution in [0.25, 0.3) is 0 Å². The van der Waals surface area contributed by atoms with E-state index in [9.17, 15) is 8.42 Å². The van der Waals surface area contributed by atoms with Gasteiger partial charge in [-0.1, -0.05) is 38.5 Å². The van der Waals surface area contributed by atoms with Crippen LogP contribution in [-0.4, -0.2) is 27.8 Å². The summed E-state index contributed by atoms with van der Waals surface area (Å²) >= 11 is 3.53. The quantitative estimate of drug-likeness (QED) is 0.594. The van der Waals surface area contributed by atoms with Crippen LogP contribution >= 0.6 is 15.9 Å². The number of methoxy groups -OCH3 is 1. The first kappa shape index (κ1) is 20.2. The topological polar surface area (TPSA) is 46.6 Å². The van der Waals surface area contributed by atoms with E-state index in [4.69, 9.17) is 4.74 Å². The molecule has 4 nitrogen and oxygen atoms in total. The number of hydrogen-bond donors (Lipinski definition) is 0. The van der Waals surface area contributed by atoms with Crippen molar-refractivity contribution in [3.8, 4) is 5.75 Å². The van der Waals surface area contributed by atoms with Gasteiger partial charge in [-0.05, 0) is 47.0 Å². The third-order valence-corrected chi connectivity index (χ3v) is 8.06. The zero-order chi connectivity index (χ0) is 19.7. The van der Waals surface area contributed by atoms with Crippen molar-refractivity contribution in [3.63, 3.8) is 0 Å². The third-order valence-electron chi connectivity index (χ3n) is 5.45. The lowest BCUT2D eigenvalue weighted by Gasteiger charge is -2.36. The summed E-state index contributed by atoms with van der Waals surface area (Å²) in [5, 5.41) is 0. The fourth-order valence-electron chi connectivity index (χ4n) is 4.00. The molecule has 2 aromatic rings. The number of benzene rings is 2. The second-order valence-corrected chi connectivity index (χ2v) is 10.1. The summed E-state index contributed by atoms with van der Waals surface area (Å²) in [6.07, 6.45) is 2.64. The molecule has 0 saturated heterocycles. The molecule has 27 heavy (non-hydrogen) atoms. The lowest BCUT2D eigenvalue weighted by Crippen LogP contribution is -2.37. The number of fused-ring (bicyclic) bond motifs is 1. The molecule has 0 N–H and O–H groups in total. The van der Waals surface area contributed by atoms with Crippen molar-refractivity contribution < 1.29 is 13.2 Å². The molecular formula is C21H26BrNO3S. The highest BCUT2D eigenvalue weighted by Crippen LogP contribution is 2.46. The molecule has 1 heterocycles. The Hall–Kier alpha value is -1.53. The van der Waals surface area contributed by atoms with E-state index < -0.39 is 9.84 Å². The summed E-state index contributed by atoms with van der Waals surface area (Å²) in [6, 6.07) is 13.5. The Labute approximate surface area is 170 Å². The maximum absolute atomic E-state index is 13.4. The SMILES string of the molecule is CCCC1(CC)CN(c2ccccc2)c2cc(Br)c(OC)cc2S(=O)(=O)C1. The molecule has 0 fully saturated rings. The van der Waals surface area contributed by atoms with Gasteiger partial charge in [-0.3, -0.25) is 0 Å². The minimum Gasteiger partial charge on any atom is -0.496 e. The second kappa shape index (κ2) is 7.84. The summed E-state index contributed by atoms with van der Waals surface area (Å²) in [5.74, 6) is 0.690. The van der Waals surface area contributed by atoms with Gasteiger partial charge in [0, 0.05) is 23.7 Å². The largest absolute Gasteiger partial charge is 0.496 e. The molecular weight excluding hydrogens is 426 g/mol. The first-order valence-electron chi connectivity index (χ1n) is 9.28. The van der Waals surface area contributed by atoms with E-state index in [0.717, 1.165) is 29.4 Å². The van der Waals surface area contributed by atoms with Crippen LogP contribution < -0.4 is 9.64 Å². The van der Waals surface area contributed by atoms with E-state index >= 15 is 0 Å². The minimum atomic E-state index is -3.45. The Morgan fingerprint density at radius 1 is 1.19 bits per heavy atom. The van der Waals surface area contributed by atoms with Crippen LogP contribution in [0.4, 0.5) is 11.4 Å². The van der Waals surface area contributed by atoms with E-state index in [1.54, 1.807) is 13.2 Å². The van der Waals surface area contributed by atoms with Crippen LogP contribution in [0.5, 0.6) is 5.75 Å². The molecule has 146 valence electrons. The highest BCUT2D eigenvalue weighted by atomic mass is 79.9. The number of rotatable bonds is 5. The normalized spacial score (nSPS) is 21.4. The first-order valence-corrected chi connectivity index (χ1v) is 11.7. The Balaban J connectivity index is 2.29. The van der Waals surface area contributed by atoms with Crippen LogP contribution in [0.3, 0.4) is 0 Å². The van der Waals surface area contributed by atoms with Crippen LogP contribution in [-0.2, 0) is 9.84 Å². The van der Waals surface area contributed by atoms with Gasteiger partial charge < -0.3 is 9.64 Å². The second-order valence-electron chi connectivity index (χ2n) is 7.24. The molecule has 1 aliphatic rings. The monoisotopic (exact) mass is 451 g/mol. The molecule has 0 aliphatic carbocycles. The molecule has 0 radical (unpaired) electrons. The Bertz CT molecular complexity index is 915. The van der Waals surface area contributed by atoms with Crippen molar-refractivity contribution in [1.29, 1.82) is 0 Å². The minimum absolute atomic E-state index is 0.158. The molecule has 1 atom stereocenters. The predicted octanol–water partition coefficient (Wildman–Crippen LogP) is 5.58. The first-order chi connectivity index (χ1) is 12.9. The average Bonchev–Trinajstić information content (AvgIpc) is 2.75. The van der Waals surface area contributed by atoms with Crippen LogP contribution in [0.1, 0.15) is 33.1 Å². The van der Waals surface area contributed by atoms with Crippen LogP contribution in [0.15, 0.2) is 51.8 Å². The summed E-state index contributed by atoms with van der Waals surface area (Å²) in [6.45, 7) is 4.89. The Kier molecular flexibility index (Phi) is 5.87. The van der Waals surface area contributed by atoms with Crippen molar-refractivity contribution in [2.24, 2.45) is 5.41 Å². The predicted molar refractivity (Wildman–Crippen MR) is 114 cm³/mol. The summed E-state index contributed by atoms with van der Waals surface area (Å²) in [4.78, 5) is 2.50. The highest BCUT2D eigenvalue weighted by Gasteiger charge is 2.41.